The summed E-state index contributed by atoms with van der Waals surface area (Å²) in [6.07, 6.45) is 36.6. The fourth-order valence-corrected chi connectivity index (χ4v) is 6.51. The molecular formula is C41H83NO7P+. The number of likely N-dealkylation sites (N-methyl/N-ethyl adjacent to an activating group) is 1. The fourth-order valence-electron chi connectivity index (χ4n) is 5.77. The minimum Gasteiger partial charge on any atom is -0.457 e. The molecule has 0 saturated carbocycles. The Morgan fingerprint density at radius 1 is 0.600 bits per heavy atom. The zero-order valence-corrected chi connectivity index (χ0v) is 34.5. The third-order valence-electron chi connectivity index (χ3n) is 9.08. The lowest BCUT2D eigenvalue weighted by molar-refractivity contribution is -0.870. The molecule has 298 valence electrons. The molecule has 0 rings (SSSR count). The second-order valence-corrected chi connectivity index (χ2v) is 16.8. The number of ether oxygens (including phenoxy) is 2. The summed E-state index contributed by atoms with van der Waals surface area (Å²) >= 11 is 0. The molecule has 0 aromatic rings. The Balaban J connectivity index is 4.22. The number of nitrogens with zero attached hydrogens (tertiary/aromatic N) is 1. The first-order valence-electron chi connectivity index (χ1n) is 20.9. The number of rotatable bonds is 39. The van der Waals surface area contributed by atoms with E-state index in [-0.39, 0.29) is 25.8 Å². The molecule has 0 aliphatic carbocycles. The molecule has 0 spiro atoms. The second-order valence-electron chi connectivity index (χ2n) is 15.4. The van der Waals surface area contributed by atoms with Gasteiger partial charge in [0.25, 0.3) is 0 Å². The summed E-state index contributed by atoms with van der Waals surface area (Å²) in [5.41, 5.74) is 0. The van der Waals surface area contributed by atoms with E-state index in [2.05, 4.69) is 26.0 Å². The van der Waals surface area contributed by atoms with Crippen LogP contribution < -0.4 is 0 Å². The molecule has 1 N–H and O–H groups in total. The number of carbonyl (C=O) groups excluding carboxylic acids is 1. The van der Waals surface area contributed by atoms with E-state index in [4.69, 9.17) is 18.5 Å². The van der Waals surface area contributed by atoms with Crippen LogP contribution in [0.25, 0.3) is 0 Å². The maximum Gasteiger partial charge on any atom is 0.472 e. The van der Waals surface area contributed by atoms with Gasteiger partial charge < -0.3 is 18.9 Å². The Bertz CT molecular complexity index is 817. The van der Waals surface area contributed by atoms with Crippen LogP contribution in [0.15, 0.2) is 12.2 Å². The number of hydrogen-bond donors (Lipinski definition) is 1. The largest absolute Gasteiger partial charge is 0.472 e. The molecule has 9 heteroatoms. The first-order valence-corrected chi connectivity index (χ1v) is 22.4. The lowest BCUT2D eigenvalue weighted by Gasteiger charge is -2.24. The van der Waals surface area contributed by atoms with Crippen molar-refractivity contribution < 1.29 is 37.3 Å². The summed E-state index contributed by atoms with van der Waals surface area (Å²) in [4.78, 5) is 22.8. The number of phosphoric ester groups is 1. The molecule has 8 nitrogen and oxygen atoms in total. The van der Waals surface area contributed by atoms with E-state index in [1.165, 1.54) is 135 Å². The Kier molecular flexibility index (Phi) is 34.7. The van der Waals surface area contributed by atoms with Gasteiger partial charge in [-0.25, -0.2) is 4.57 Å². The average molecular weight is 733 g/mol. The van der Waals surface area contributed by atoms with Crippen molar-refractivity contribution in [2.45, 2.75) is 193 Å². The van der Waals surface area contributed by atoms with Crippen LogP contribution in [0.4, 0.5) is 0 Å². The molecule has 0 heterocycles. The van der Waals surface area contributed by atoms with Crippen molar-refractivity contribution in [1.82, 2.24) is 0 Å². The topological polar surface area (TPSA) is 91.3 Å². The molecule has 0 fully saturated rings. The normalized spacial score (nSPS) is 14.0. The van der Waals surface area contributed by atoms with Gasteiger partial charge in [0, 0.05) is 13.0 Å². The van der Waals surface area contributed by atoms with E-state index in [0.29, 0.717) is 24.1 Å². The van der Waals surface area contributed by atoms with E-state index in [0.717, 1.165) is 32.1 Å². The molecule has 2 atom stereocenters. The van der Waals surface area contributed by atoms with E-state index >= 15 is 0 Å². The van der Waals surface area contributed by atoms with E-state index in [1.807, 2.05) is 21.1 Å². The van der Waals surface area contributed by atoms with Gasteiger partial charge in [0.15, 0.2) is 0 Å². The van der Waals surface area contributed by atoms with Gasteiger partial charge >= 0.3 is 13.8 Å². The maximum atomic E-state index is 12.7. The van der Waals surface area contributed by atoms with Crippen molar-refractivity contribution in [2.24, 2.45) is 0 Å². The second kappa shape index (κ2) is 35.3. The molecule has 0 amide bonds. The van der Waals surface area contributed by atoms with Gasteiger partial charge in [-0.05, 0) is 32.1 Å². The number of allylic oxidation sites excluding steroid dienone is 2. The monoisotopic (exact) mass is 733 g/mol. The van der Waals surface area contributed by atoms with Crippen LogP contribution in [0.3, 0.4) is 0 Å². The SMILES string of the molecule is CCCC/C=C\CCCCCCCCOCC(COP(=O)(O)OCC[N+](C)(C)C)OC(=O)CCCCCCCCCCCCCCCCCC. The molecule has 0 radical (unpaired) electrons. The van der Waals surface area contributed by atoms with Crippen LogP contribution in [0.2, 0.25) is 0 Å². The summed E-state index contributed by atoms with van der Waals surface area (Å²) in [6, 6.07) is 0. The Morgan fingerprint density at radius 2 is 1.06 bits per heavy atom. The van der Waals surface area contributed by atoms with E-state index in [9.17, 15) is 14.3 Å². The fraction of sp³-hybridized carbons (Fsp3) is 0.927. The number of hydrogen-bond acceptors (Lipinski definition) is 6. The van der Waals surface area contributed by atoms with Crippen LogP contribution in [0.5, 0.6) is 0 Å². The van der Waals surface area contributed by atoms with Crippen molar-refractivity contribution in [1.29, 1.82) is 0 Å². The predicted octanol–water partition coefficient (Wildman–Crippen LogP) is 11.9. The highest BCUT2D eigenvalue weighted by atomic mass is 31.2. The quantitative estimate of drug-likeness (QED) is 0.0221. The van der Waals surface area contributed by atoms with Crippen molar-refractivity contribution in [3.05, 3.63) is 12.2 Å². The van der Waals surface area contributed by atoms with E-state index in [1.54, 1.807) is 0 Å². The van der Waals surface area contributed by atoms with Crippen LogP contribution in [0, 0.1) is 0 Å². The smallest absolute Gasteiger partial charge is 0.457 e. The molecule has 0 bridgehead atoms. The van der Waals surface area contributed by atoms with Crippen molar-refractivity contribution in [3.63, 3.8) is 0 Å². The molecule has 0 aliphatic rings. The number of esters is 1. The van der Waals surface area contributed by atoms with Gasteiger partial charge in [-0.2, -0.15) is 0 Å². The minimum absolute atomic E-state index is 0.0904. The summed E-state index contributed by atoms with van der Waals surface area (Å²) < 4.78 is 34.9. The van der Waals surface area contributed by atoms with Crippen LogP contribution in [-0.4, -0.2) is 75.6 Å². The molecule has 0 aromatic carbocycles. The highest BCUT2D eigenvalue weighted by Gasteiger charge is 2.26. The highest BCUT2D eigenvalue weighted by Crippen LogP contribution is 2.43. The van der Waals surface area contributed by atoms with E-state index < -0.39 is 13.9 Å². The molecule has 2 unspecified atom stereocenters. The first kappa shape index (κ1) is 49.2. The number of unbranched alkanes of at least 4 members (excludes halogenated alkanes) is 23. The maximum absolute atomic E-state index is 12.7. The molecular weight excluding hydrogens is 649 g/mol. The van der Waals surface area contributed by atoms with Gasteiger partial charge in [-0.1, -0.05) is 161 Å². The van der Waals surface area contributed by atoms with Gasteiger partial charge in [0.05, 0.1) is 34.4 Å². The van der Waals surface area contributed by atoms with Crippen LogP contribution in [-0.2, 0) is 27.9 Å². The van der Waals surface area contributed by atoms with Gasteiger partial charge in [-0.3, -0.25) is 13.8 Å². The molecule has 50 heavy (non-hydrogen) atoms. The Morgan fingerprint density at radius 3 is 1.58 bits per heavy atom. The molecule has 0 saturated heterocycles. The van der Waals surface area contributed by atoms with Gasteiger partial charge in [0.2, 0.25) is 0 Å². The summed E-state index contributed by atoms with van der Waals surface area (Å²) in [5, 5.41) is 0. The summed E-state index contributed by atoms with van der Waals surface area (Å²) in [6.45, 7) is 5.60. The van der Waals surface area contributed by atoms with Crippen molar-refractivity contribution >= 4 is 13.8 Å². The van der Waals surface area contributed by atoms with Crippen molar-refractivity contribution in [2.75, 3.05) is 54.1 Å². The van der Waals surface area contributed by atoms with Crippen molar-refractivity contribution in [3.8, 4) is 0 Å². The van der Waals surface area contributed by atoms with Gasteiger partial charge in [-0.15, -0.1) is 0 Å². The Hall–Kier alpha value is -0.760. The standard InChI is InChI=1S/C41H82NO7P/c1-6-8-10-12-14-16-18-20-21-22-23-24-26-28-30-32-34-41(43)49-40(39-48-50(44,45)47-37-35-42(3,4)5)38-46-36-33-31-29-27-25-19-17-15-13-11-9-7-2/h13,15,40H,6-12,14,16-39H2,1-5H3/p+1/b15-13-. The lowest BCUT2D eigenvalue weighted by atomic mass is 10.0. The summed E-state index contributed by atoms with van der Waals surface area (Å²) in [7, 11) is 1.67. The molecule has 0 aliphatic heterocycles. The zero-order chi connectivity index (χ0) is 37.0. The number of phosphoric acid groups is 1. The summed E-state index contributed by atoms with van der Waals surface area (Å²) in [5.74, 6) is -0.313. The predicted molar refractivity (Wildman–Crippen MR) is 210 cm³/mol. The highest BCUT2D eigenvalue weighted by molar-refractivity contribution is 7.47. The first-order chi connectivity index (χ1) is 24.1. The number of quaternary nitrogens is 1. The third kappa shape index (κ3) is 38.5. The average Bonchev–Trinajstić information content (AvgIpc) is 3.06. The lowest BCUT2D eigenvalue weighted by Crippen LogP contribution is -2.37. The van der Waals surface area contributed by atoms with Crippen LogP contribution >= 0.6 is 7.82 Å². The van der Waals surface area contributed by atoms with Crippen LogP contribution in [0.1, 0.15) is 187 Å². The Labute approximate surface area is 310 Å². The number of carbonyl (C=O) groups is 1. The minimum atomic E-state index is -4.26. The van der Waals surface area contributed by atoms with Gasteiger partial charge in [0.1, 0.15) is 19.3 Å². The third-order valence-corrected chi connectivity index (χ3v) is 10.1. The molecule has 0 aromatic heterocycles. The zero-order valence-electron chi connectivity index (χ0n) is 33.7.